The molecule has 2 amide bonds. The second-order valence-corrected chi connectivity index (χ2v) is 6.98. The maximum atomic E-state index is 12.7. The van der Waals surface area contributed by atoms with Crippen LogP contribution in [-0.4, -0.2) is 40.0 Å². The number of rotatable bonds is 4. The molecule has 0 bridgehead atoms. The fraction of sp³-hybridized carbons (Fsp3) is 0.421. The summed E-state index contributed by atoms with van der Waals surface area (Å²) in [6.07, 6.45) is 1.12. The fourth-order valence-electron chi connectivity index (χ4n) is 3.74. The summed E-state index contributed by atoms with van der Waals surface area (Å²) in [4.78, 5) is 26.9. The van der Waals surface area contributed by atoms with Crippen LogP contribution in [-0.2, 0) is 22.6 Å². The molecule has 136 valence electrons. The molecule has 0 aliphatic carbocycles. The van der Waals surface area contributed by atoms with Crippen molar-refractivity contribution < 1.29 is 9.59 Å². The first-order valence-electron chi connectivity index (χ1n) is 9.05. The van der Waals surface area contributed by atoms with E-state index in [0.29, 0.717) is 18.9 Å². The number of hydrogen-bond acceptors (Lipinski definition) is 4. The van der Waals surface area contributed by atoms with Crippen molar-refractivity contribution in [3.05, 3.63) is 47.2 Å². The molecule has 2 unspecified atom stereocenters. The van der Waals surface area contributed by atoms with E-state index < -0.39 is 0 Å². The van der Waals surface area contributed by atoms with Gasteiger partial charge in [-0.05, 0) is 12.5 Å². The quantitative estimate of drug-likeness (QED) is 0.779. The van der Waals surface area contributed by atoms with E-state index in [1.165, 1.54) is 0 Å². The molecule has 2 aliphatic heterocycles. The second kappa shape index (κ2) is 6.92. The third-order valence-corrected chi connectivity index (χ3v) is 5.33. The van der Waals surface area contributed by atoms with Gasteiger partial charge in [-0.2, -0.15) is 5.10 Å². The Hall–Kier alpha value is -2.67. The Morgan fingerprint density at radius 2 is 2.15 bits per heavy atom. The summed E-state index contributed by atoms with van der Waals surface area (Å²) in [5, 5.41) is 13.4. The molecular formula is C19H23N5O2. The number of amides is 2. The number of aromatic amines is 1. The maximum absolute atomic E-state index is 12.7. The van der Waals surface area contributed by atoms with E-state index in [2.05, 4.69) is 20.8 Å². The molecule has 4 rings (SSSR count). The topological polar surface area (TPSA) is 90.1 Å². The number of likely N-dealkylation sites (tertiary alicyclic amines) is 1. The predicted molar refractivity (Wildman–Crippen MR) is 97.3 cm³/mol. The normalized spacial score (nSPS) is 20.7. The lowest BCUT2D eigenvalue weighted by atomic mass is 10.1. The summed E-state index contributed by atoms with van der Waals surface area (Å²) >= 11 is 0. The monoisotopic (exact) mass is 353 g/mol. The molecule has 2 aliphatic rings. The second-order valence-electron chi connectivity index (χ2n) is 6.98. The number of anilines is 1. The maximum Gasteiger partial charge on any atom is 0.231 e. The molecule has 2 aromatic rings. The zero-order chi connectivity index (χ0) is 18.1. The van der Waals surface area contributed by atoms with Crippen LogP contribution >= 0.6 is 0 Å². The van der Waals surface area contributed by atoms with Gasteiger partial charge < -0.3 is 15.5 Å². The Kier molecular flexibility index (Phi) is 4.46. The smallest absolute Gasteiger partial charge is 0.231 e. The van der Waals surface area contributed by atoms with Gasteiger partial charge >= 0.3 is 0 Å². The van der Waals surface area contributed by atoms with Gasteiger partial charge in [0, 0.05) is 43.7 Å². The van der Waals surface area contributed by atoms with E-state index in [1.807, 2.05) is 37.3 Å². The van der Waals surface area contributed by atoms with Gasteiger partial charge in [-0.1, -0.05) is 30.3 Å². The lowest BCUT2D eigenvalue weighted by Crippen LogP contribution is -2.31. The van der Waals surface area contributed by atoms with Crippen LogP contribution < -0.4 is 10.6 Å². The van der Waals surface area contributed by atoms with Gasteiger partial charge in [0.05, 0.1) is 12.0 Å². The summed E-state index contributed by atoms with van der Waals surface area (Å²) in [6.45, 7) is 4.04. The molecule has 0 radical (unpaired) electrons. The minimum Gasteiger partial charge on any atom is -0.335 e. The van der Waals surface area contributed by atoms with Crippen molar-refractivity contribution in [1.82, 2.24) is 20.4 Å². The van der Waals surface area contributed by atoms with E-state index in [4.69, 9.17) is 0 Å². The summed E-state index contributed by atoms with van der Waals surface area (Å²) in [6, 6.07) is 9.86. The van der Waals surface area contributed by atoms with Gasteiger partial charge in [0.1, 0.15) is 0 Å². The summed E-state index contributed by atoms with van der Waals surface area (Å²) < 4.78 is 0. The fourth-order valence-corrected chi connectivity index (χ4v) is 3.74. The number of nitrogens with one attached hydrogen (secondary N) is 3. The molecule has 1 saturated heterocycles. The van der Waals surface area contributed by atoms with Crippen molar-refractivity contribution in [2.24, 2.45) is 5.92 Å². The minimum absolute atomic E-state index is 0.0206. The Labute approximate surface area is 152 Å². The van der Waals surface area contributed by atoms with Crippen LogP contribution in [0.3, 0.4) is 0 Å². The highest BCUT2D eigenvalue weighted by Crippen LogP contribution is 2.29. The Bertz CT molecular complexity index is 817. The van der Waals surface area contributed by atoms with Gasteiger partial charge in [0.2, 0.25) is 11.8 Å². The first-order valence-corrected chi connectivity index (χ1v) is 9.05. The molecule has 1 aromatic carbocycles. The van der Waals surface area contributed by atoms with E-state index in [0.717, 1.165) is 29.8 Å². The number of H-pyrrole nitrogens is 1. The molecule has 26 heavy (non-hydrogen) atoms. The molecule has 7 heteroatoms. The largest absolute Gasteiger partial charge is 0.335 e. The third-order valence-electron chi connectivity index (χ3n) is 5.33. The Morgan fingerprint density at radius 1 is 1.35 bits per heavy atom. The van der Waals surface area contributed by atoms with Crippen molar-refractivity contribution in [1.29, 1.82) is 0 Å². The number of carbonyl (C=O) groups excluding carboxylic acids is 2. The zero-order valence-corrected chi connectivity index (χ0v) is 14.8. The van der Waals surface area contributed by atoms with E-state index in [-0.39, 0.29) is 30.2 Å². The molecule has 1 aromatic heterocycles. The SMILES string of the molecule is CC(c1ccccc1)N1CC(C(=O)Nc2n[nH]c3c2CNCC3)CC1=O. The average Bonchev–Trinajstić information content (AvgIpc) is 3.26. The van der Waals surface area contributed by atoms with Crippen molar-refractivity contribution in [2.75, 3.05) is 18.4 Å². The molecule has 7 nitrogen and oxygen atoms in total. The lowest BCUT2D eigenvalue weighted by molar-refractivity contribution is -0.129. The number of fused-ring (bicyclic) bond motifs is 1. The van der Waals surface area contributed by atoms with Crippen molar-refractivity contribution >= 4 is 17.6 Å². The standard InChI is InChI=1S/C19H23N5O2/c1-12(13-5-3-2-4-6-13)24-11-14(9-17(24)25)19(26)21-18-15-10-20-8-7-16(15)22-23-18/h2-6,12,14,20H,7-11H2,1H3,(H2,21,22,23,26). The van der Waals surface area contributed by atoms with Crippen LogP contribution in [0.2, 0.25) is 0 Å². The number of hydrogen-bond donors (Lipinski definition) is 3. The van der Waals surface area contributed by atoms with Crippen LogP contribution in [0.5, 0.6) is 0 Å². The molecule has 0 spiro atoms. The van der Waals surface area contributed by atoms with Gasteiger partial charge in [-0.15, -0.1) is 0 Å². The number of benzene rings is 1. The zero-order valence-electron chi connectivity index (χ0n) is 14.8. The molecule has 3 heterocycles. The van der Waals surface area contributed by atoms with E-state index in [9.17, 15) is 9.59 Å². The van der Waals surface area contributed by atoms with Crippen molar-refractivity contribution in [2.45, 2.75) is 32.4 Å². The minimum atomic E-state index is -0.349. The molecule has 0 saturated carbocycles. The summed E-state index contributed by atoms with van der Waals surface area (Å²) in [7, 11) is 0. The highest BCUT2D eigenvalue weighted by molar-refractivity contribution is 5.97. The predicted octanol–water partition coefficient (Wildman–Crippen LogP) is 1.60. The van der Waals surface area contributed by atoms with Crippen LogP contribution in [0, 0.1) is 5.92 Å². The number of aromatic nitrogens is 2. The first-order chi connectivity index (χ1) is 12.6. The highest BCUT2D eigenvalue weighted by atomic mass is 16.2. The van der Waals surface area contributed by atoms with Gasteiger partial charge in [-0.25, -0.2) is 0 Å². The Morgan fingerprint density at radius 3 is 2.96 bits per heavy atom. The van der Waals surface area contributed by atoms with Gasteiger partial charge in [-0.3, -0.25) is 14.7 Å². The summed E-state index contributed by atoms with van der Waals surface area (Å²) in [5.74, 6) is 0.116. The average molecular weight is 353 g/mol. The van der Waals surface area contributed by atoms with E-state index >= 15 is 0 Å². The Balaban J connectivity index is 1.43. The third kappa shape index (κ3) is 3.10. The molecule has 3 N–H and O–H groups in total. The number of carbonyl (C=O) groups is 2. The number of nitrogens with zero attached hydrogens (tertiary/aromatic N) is 2. The van der Waals surface area contributed by atoms with Crippen LogP contribution in [0.1, 0.15) is 36.2 Å². The van der Waals surface area contributed by atoms with Crippen molar-refractivity contribution in [3.8, 4) is 0 Å². The summed E-state index contributed by atoms with van der Waals surface area (Å²) in [5.41, 5.74) is 3.17. The van der Waals surface area contributed by atoms with Crippen molar-refractivity contribution in [3.63, 3.8) is 0 Å². The molecular weight excluding hydrogens is 330 g/mol. The van der Waals surface area contributed by atoms with Crippen LogP contribution in [0.4, 0.5) is 5.82 Å². The van der Waals surface area contributed by atoms with E-state index in [1.54, 1.807) is 4.90 Å². The van der Waals surface area contributed by atoms with Gasteiger partial charge in [0.25, 0.3) is 0 Å². The van der Waals surface area contributed by atoms with Gasteiger partial charge in [0.15, 0.2) is 5.82 Å². The molecule has 2 atom stereocenters. The first kappa shape index (κ1) is 16.8. The molecule has 1 fully saturated rings. The highest BCUT2D eigenvalue weighted by Gasteiger charge is 2.37. The lowest BCUT2D eigenvalue weighted by Gasteiger charge is -2.25. The van der Waals surface area contributed by atoms with Crippen LogP contribution in [0.25, 0.3) is 0 Å². The van der Waals surface area contributed by atoms with Crippen LogP contribution in [0.15, 0.2) is 30.3 Å².